The van der Waals surface area contributed by atoms with Crippen LogP contribution in [0.1, 0.15) is 39.5 Å². The van der Waals surface area contributed by atoms with Crippen molar-refractivity contribution in [3.63, 3.8) is 0 Å². The van der Waals surface area contributed by atoms with E-state index in [1.807, 2.05) is 13.8 Å². The Hall–Kier alpha value is -0.720. The second-order valence-electron chi connectivity index (χ2n) is 10.2. The summed E-state index contributed by atoms with van der Waals surface area (Å²) in [6.45, 7) is 19.6. The first-order valence-corrected chi connectivity index (χ1v) is 15.5. The fraction of sp³-hybridized carbons (Fsp3) is 0.929. The molecule has 0 unspecified atom stereocenters. The molecule has 236 valence electrons. The molecule has 0 aliphatic carbocycles. The highest BCUT2D eigenvalue weighted by Crippen LogP contribution is 2.18. The number of alkyl halides is 1. The number of carbonyl (C=O) groups excluding carboxylic acids is 2. The highest BCUT2D eigenvalue weighted by molar-refractivity contribution is 6.18. The molecular weight excluding hydrogens is 559 g/mol. The van der Waals surface area contributed by atoms with E-state index in [2.05, 4.69) is 20.0 Å². The Kier molecular flexibility index (Phi) is 22.2. The summed E-state index contributed by atoms with van der Waals surface area (Å²) < 4.78 is 20.5. The minimum atomic E-state index is -0.0194. The zero-order chi connectivity index (χ0) is 28.1. The Morgan fingerprint density at radius 1 is 0.700 bits per heavy atom. The summed E-state index contributed by atoms with van der Waals surface area (Å²) in [7, 11) is 0. The van der Waals surface area contributed by atoms with E-state index in [9.17, 15) is 9.59 Å². The molecule has 4 aliphatic rings. The highest BCUT2D eigenvalue weighted by atomic mass is 35.5. The molecule has 0 amide bonds. The lowest BCUT2D eigenvalue weighted by Gasteiger charge is -2.33. The van der Waals surface area contributed by atoms with E-state index in [1.54, 1.807) is 0 Å². The van der Waals surface area contributed by atoms with Crippen LogP contribution in [0.4, 0.5) is 0 Å². The van der Waals surface area contributed by atoms with Crippen molar-refractivity contribution in [3.05, 3.63) is 0 Å². The number of piperidine rings is 2. The third-order valence-electron chi connectivity index (χ3n) is 7.51. The van der Waals surface area contributed by atoms with Crippen molar-refractivity contribution in [2.45, 2.75) is 39.5 Å². The van der Waals surface area contributed by atoms with Crippen molar-refractivity contribution in [1.82, 2.24) is 20.0 Å². The van der Waals surface area contributed by atoms with Crippen LogP contribution in [0, 0.1) is 11.8 Å². The van der Waals surface area contributed by atoms with Crippen molar-refractivity contribution in [2.24, 2.45) is 11.8 Å². The van der Waals surface area contributed by atoms with E-state index in [1.165, 1.54) is 0 Å². The van der Waals surface area contributed by atoms with Crippen LogP contribution in [0.3, 0.4) is 0 Å². The number of nitrogens with zero attached hydrogens (tertiary/aromatic N) is 3. The molecule has 10 nitrogen and oxygen atoms in total. The molecular formula is C28H54Cl2N4O6. The summed E-state index contributed by atoms with van der Waals surface area (Å²) in [4.78, 5) is 30.0. The predicted molar refractivity (Wildman–Crippen MR) is 161 cm³/mol. The number of likely N-dealkylation sites (tertiary alicyclic amines) is 1. The molecule has 0 aromatic rings. The van der Waals surface area contributed by atoms with E-state index in [0.29, 0.717) is 13.2 Å². The number of halogens is 2. The van der Waals surface area contributed by atoms with Crippen molar-refractivity contribution in [1.29, 1.82) is 0 Å². The maximum absolute atomic E-state index is 11.6. The number of rotatable bonds is 9. The van der Waals surface area contributed by atoms with Gasteiger partial charge in [-0.2, -0.15) is 0 Å². The van der Waals surface area contributed by atoms with Crippen LogP contribution in [0.25, 0.3) is 0 Å². The van der Waals surface area contributed by atoms with Gasteiger partial charge in [-0.3, -0.25) is 19.4 Å². The molecule has 0 atom stereocenters. The first kappa shape index (κ1) is 37.3. The van der Waals surface area contributed by atoms with E-state index in [-0.39, 0.29) is 36.2 Å². The molecule has 0 bridgehead atoms. The Morgan fingerprint density at radius 2 is 1.10 bits per heavy atom. The Bertz CT molecular complexity index is 638. The van der Waals surface area contributed by atoms with Gasteiger partial charge in [0.15, 0.2) is 0 Å². The molecule has 0 spiro atoms. The fourth-order valence-electron chi connectivity index (χ4n) is 5.02. The van der Waals surface area contributed by atoms with Crippen LogP contribution in [0.5, 0.6) is 0 Å². The minimum absolute atomic E-state index is 0. The van der Waals surface area contributed by atoms with E-state index >= 15 is 0 Å². The van der Waals surface area contributed by atoms with E-state index in [0.717, 1.165) is 130 Å². The molecule has 12 heteroatoms. The standard InChI is InChI=1S/C14H26N2O3.C8H15NO2.C6H12ClNO.ClH/c1-2-19-14(17)13-3-5-15(6-4-13)7-8-16-9-11-18-12-10-16;1-2-11-8(10)7-3-5-9-6-4-7;7-1-2-8-3-5-9-6-4-8;/h13H,2-12H2,1H3;7,9H,2-6H2,1H3;1-6H2;1H. The van der Waals surface area contributed by atoms with E-state index < -0.39 is 0 Å². The quantitative estimate of drug-likeness (QED) is 0.308. The van der Waals surface area contributed by atoms with Crippen molar-refractivity contribution >= 4 is 35.9 Å². The number of hydrogen-bond donors (Lipinski definition) is 1. The summed E-state index contributed by atoms with van der Waals surface area (Å²) in [5.41, 5.74) is 0. The second-order valence-corrected chi connectivity index (χ2v) is 10.6. The van der Waals surface area contributed by atoms with Crippen LogP contribution >= 0.6 is 24.0 Å². The highest BCUT2D eigenvalue weighted by Gasteiger charge is 2.26. The summed E-state index contributed by atoms with van der Waals surface area (Å²) >= 11 is 5.55. The monoisotopic (exact) mass is 612 g/mol. The Labute approximate surface area is 253 Å². The largest absolute Gasteiger partial charge is 0.466 e. The van der Waals surface area contributed by atoms with Gasteiger partial charge in [-0.15, -0.1) is 24.0 Å². The number of ether oxygens (including phenoxy) is 4. The molecule has 40 heavy (non-hydrogen) atoms. The van der Waals surface area contributed by atoms with Crippen LogP contribution in [-0.4, -0.2) is 144 Å². The van der Waals surface area contributed by atoms with Gasteiger partial charge in [0, 0.05) is 51.7 Å². The van der Waals surface area contributed by atoms with Crippen molar-refractivity contribution < 1.29 is 28.5 Å². The number of esters is 2. The van der Waals surface area contributed by atoms with Gasteiger partial charge in [0.1, 0.15) is 0 Å². The van der Waals surface area contributed by atoms with Crippen LogP contribution in [-0.2, 0) is 28.5 Å². The van der Waals surface area contributed by atoms with Gasteiger partial charge in [0.05, 0.1) is 51.5 Å². The molecule has 4 heterocycles. The van der Waals surface area contributed by atoms with Crippen LogP contribution in [0.2, 0.25) is 0 Å². The Morgan fingerprint density at radius 3 is 1.52 bits per heavy atom. The average molecular weight is 614 g/mol. The number of carbonyl (C=O) groups is 2. The normalized spacial score (nSPS) is 21.6. The summed E-state index contributed by atoms with van der Waals surface area (Å²) in [5.74, 6) is 0.986. The molecule has 1 N–H and O–H groups in total. The zero-order valence-corrected chi connectivity index (χ0v) is 26.4. The van der Waals surface area contributed by atoms with Crippen LogP contribution < -0.4 is 5.32 Å². The SMILES string of the molecule is CCOC(=O)C1CCN(CCN2CCOCC2)CC1.CCOC(=O)C1CCNCC1.Cl.ClCCN1CCOCC1. The second kappa shape index (κ2) is 23.8. The summed E-state index contributed by atoms with van der Waals surface area (Å²) in [6.07, 6.45) is 3.75. The van der Waals surface area contributed by atoms with Crippen molar-refractivity contribution in [3.8, 4) is 0 Å². The average Bonchev–Trinajstić information content (AvgIpc) is 2.99. The lowest BCUT2D eigenvalue weighted by Crippen LogP contribution is -2.44. The Balaban J connectivity index is 0.000000324. The van der Waals surface area contributed by atoms with Gasteiger partial charge in [0.2, 0.25) is 0 Å². The third kappa shape index (κ3) is 16.1. The molecule has 4 saturated heterocycles. The van der Waals surface area contributed by atoms with Crippen molar-refractivity contribution in [2.75, 3.05) is 118 Å². The van der Waals surface area contributed by atoms with Gasteiger partial charge in [-0.1, -0.05) is 0 Å². The number of nitrogens with one attached hydrogen (secondary N) is 1. The number of morpholine rings is 2. The van der Waals surface area contributed by atoms with Gasteiger partial charge >= 0.3 is 11.9 Å². The third-order valence-corrected chi connectivity index (χ3v) is 7.68. The first-order chi connectivity index (χ1) is 19.1. The molecule has 0 aromatic carbocycles. The van der Waals surface area contributed by atoms with Gasteiger partial charge in [-0.25, -0.2) is 0 Å². The van der Waals surface area contributed by atoms with Gasteiger partial charge < -0.3 is 29.2 Å². The summed E-state index contributed by atoms with van der Waals surface area (Å²) in [5, 5.41) is 3.20. The first-order valence-electron chi connectivity index (χ1n) is 15.0. The van der Waals surface area contributed by atoms with Gasteiger partial charge in [-0.05, 0) is 65.7 Å². The molecule has 4 aliphatic heterocycles. The topological polar surface area (TPSA) is 92.8 Å². The molecule has 4 fully saturated rings. The number of hydrogen-bond acceptors (Lipinski definition) is 10. The minimum Gasteiger partial charge on any atom is -0.466 e. The zero-order valence-electron chi connectivity index (χ0n) is 24.8. The maximum Gasteiger partial charge on any atom is 0.309 e. The fourth-order valence-corrected chi connectivity index (χ4v) is 5.26. The predicted octanol–water partition coefficient (Wildman–Crippen LogP) is 2.12. The lowest BCUT2D eigenvalue weighted by atomic mass is 9.97. The molecule has 0 radical (unpaired) electrons. The lowest BCUT2D eigenvalue weighted by molar-refractivity contribution is -0.150. The van der Waals surface area contributed by atoms with E-state index in [4.69, 9.17) is 30.5 Å². The molecule has 0 saturated carbocycles. The maximum atomic E-state index is 11.6. The smallest absolute Gasteiger partial charge is 0.309 e. The summed E-state index contributed by atoms with van der Waals surface area (Å²) in [6, 6.07) is 0. The van der Waals surface area contributed by atoms with Crippen LogP contribution in [0.15, 0.2) is 0 Å². The molecule has 0 aromatic heterocycles. The molecule has 4 rings (SSSR count). The van der Waals surface area contributed by atoms with Gasteiger partial charge in [0.25, 0.3) is 0 Å².